The molecule has 5 aliphatic heterocycles. The lowest BCUT2D eigenvalue weighted by Crippen LogP contribution is -2.67. The zero-order valence-corrected chi connectivity index (χ0v) is 28.6. The average Bonchev–Trinajstić information content (AvgIpc) is 3.10. The lowest BCUT2D eigenvalue weighted by Gasteiger charge is -2.50. The van der Waals surface area contributed by atoms with Crippen molar-refractivity contribution >= 4 is 0 Å². The first-order valence-corrected chi connectivity index (χ1v) is 17.0. The molecule has 52 heavy (non-hydrogen) atoms. The Labute approximate surface area is 297 Å². The Morgan fingerprint density at radius 1 is 0.346 bits per heavy atom. The SMILES string of the molecule is C[C@@H]1O[C@@H](O[C@@H]2[C@@H](O[C@@H]3O[C@H](CO)[C@@H](O)[C@H](O)[C@H]3O)[C@@H](O)[C@H](O[C@@H]3[C@@H](O)[C@@H](O)[C@H](O[C@@H]4[C@@H](O)[C@@H](O)[C@@H](C)O[C@H]4O)O[C@H]3C)O[C@H]2C)[C@H](O)[C@H](O)[C@H]1O. The highest BCUT2D eigenvalue weighted by molar-refractivity contribution is 4.98. The third kappa shape index (κ3) is 8.29. The first-order chi connectivity index (χ1) is 24.4. The van der Waals surface area contributed by atoms with Crippen molar-refractivity contribution < 1.29 is 109 Å². The van der Waals surface area contributed by atoms with Crippen LogP contribution in [0.4, 0.5) is 0 Å². The number of aliphatic hydroxyl groups is 13. The molecule has 22 nitrogen and oxygen atoms in total. The van der Waals surface area contributed by atoms with Gasteiger partial charge in [0.05, 0.1) is 31.0 Å². The maximum atomic E-state index is 11.6. The van der Waals surface area contributed by atoms with E-state index in [-0.39, 0.29) is 0 Å². The molecule has 5 aliphatic rings. The molecule has 0 aromatic rings. The highest BCUT2D eigenvalue weighted by atomic mass is 16.8. The van der Waals surface area contributed by atoms with Crippen LogP contribution >= 0.6 is 0 Å². The molecule has 0 radical (unpaired) electrons. The summed E-state index contributed by atoms with van der Waals surface area (Å²) in [5.74, 6) is 0. The van der Waals surface area contributed by atoms with Crippen molar-refractivity contribution in [3.05, 3.63) is 0 Å². The predicted molar refractivity (Wildman–Crippen MR) is 161 cm³/mol. The number of aliphatic hydroxyl groups excluding tert-OH is 13. The summed E-state index contributed by atoms with van der Waals surface area (Å²) >= 11 is 0. The fourth-order valence-corrected chi connectivity index (χ4v) is 6.84. The van der Waals surface area contributed by atoms with Crippen molar-refractivity contribution in [2.24, 2.45) is 0 Å². The van der Waals surface area contributed by atoms with Crippen LogP contribution in [-0.2, 0) is 42.6 Å². The van der Waals surface area contributed by atoms with Crippen LogP contribution in [0.3, 0.4) is 0 Å². The van der Waals surface area contributed by atoms with Crippen molar-refractivity contribution in [3.63, 3.8) is 0 Å². The maximum Gasteiger partial charge on any atom is 0.187 e. The van der Waals surface area contributed by atoms with E-state index >= 15 is 0 Å². The zero-order valence-electron chi connectivity index (χ0n) is 28.6. The van der Waals surface area contributed by atoms with Crippen LogP contribution < -0.4 is 0 Å². The molecule has 22 heteroatoms. The van der Waals surface area contributed by atoms with E-state index in [0.29, 0.717) is 0 Å². The van der Waals surface area contributed by atoms with E-state index in [1.807, 2.05) is 0 Å². The second-order valence-corrected chi connectivity index (χ2v) is 13.9. The Morgan fingerprint density at radius 2 is 0.731 bits per heavy atom. The van der Waals surface area contributed by atoms with Crippen molar-refractivity contribution in [3.8, 4) is 0 Å². The van der Waals surface area contributed by atoms with Crippen molar-refractivity contribution in [1.82, 2.24) is 0 Å². The Hall–Kier alpha value is -0.880. The van der Waals surface area contributed by atoms with Gasteiger partial charge in [-0.2, -0.15) is 0 Å². The van der Waals surface area contributed by atoms with Crippen LogP contribution in [0, 0.1) is 0 Å². The summed E-state index contributed by atoms with van der Waals surface area (Å²) in [5, 5.41) is 136. The zero-order chi connectivity index (χ0) is 38.5. The fraction of sp³-hybridized carbons (Fsp3) is 1.00. The number of hydrogen-bond acceptors (Lipinski definition) is 22. The molecule has 25 atom stereocenters. The summed E-state index contributed by atoms with van der Waals surface area (Å²) < 4.78 is 50.9. The molecule has 5 saturated heterocycles. The standard InChI is InChI=1S/C30H52O22/c1-6-12(33)16(37)25(26(43)44-6)52-28-20(41)17(38)22(8(3)46-28)49-30-21(42)24(51-29-19(40)15(36)13(34)10(5-31)48-29)23(9(4)47-30)50-27-18(39)14(35)11(32)7(2)45-27/h6-43H,5H2,1-4H3/t6-,7+,8+,9+,10-,11+,12+,13-,14-,15+,16+,17+,18-,19-,20-,21-,22+,23+,24+,25-,26-,27+,28+,29+,30+/m1/s1. The largest absolute Gasteiger partial charge is 0.394 e. The molecule has 0 unspecified atom stereocenters. The van der Waals surface area contributed by atoms with Crippen LogP contribution in [0.25, 0.3) is 0 Å². The molecule has 0 amide bonds. The van der Waals surface area contributed by atoms with Gasteiger partial charge >= 0.3 is 0 Å². The van der Waals surface area contributed by atoms with Gasteiger partial charge in [0.1, 0.15) is 97.7 Å². The first-order valence-electron chi connectivity index (χ1n) is 17.0. The lowest BCUT2D eigenvalue weighted by molar-refractivity contribution is -0.398. The van der Waals surface area contributed by atoms with Gasteiger partial charge in [0.2, 0.25) is 0 Å². The number of hydrogen-bond donors (Lipinski definition) is 13. The van der Waals surface area contributed by atoms with Crippen LogP contribution in [-0.4, -0.2) is 227 Å². The van der Waals surface area contributed by atoms with E-state index in [0.717, 1.165) is 0 Å². The summed E-state index contributed by atoms with van der Waals surface area (Å²) in [4.78, 5) is 0. The summed E-state index contributed by atoms with van der Waals surface area (Å²) in [5.41, 5.74) is 0. The summed E-state index contributed by atoms with van der Waals surface area (Å²) in [7, 11) is 0. The molecule has 0 spiro atoms. The topological polar surface area (TPSA) is 346 Å². The Balaban J connectivity index is 1.34. The van der Waals surface area contributed by atoms with Crippen LogP contribution in [0.2, 0.25) is 0 Å². The predicted octanol–water partition coefficient (Wildman–Crippen LogP) is -7.81. The normalized spacial score (nSPS) is 56.4. The van der Waals surface area contributed by atoms with Gasteiger partial charge in [0.25, 0.3) is 0 Å². The second-order valence-electron chi connectivity index (χ2n) is 13.9. The second kappa shape index (κ2) is 17.1. The number of rotatable bonds is 9. The monoisotopic (exact) mass is 764 g/mol. The minimum Gasteiger partial charge on any atom is -0.394 e. The third-order valence-electron chi connectivity index (χ3n) is 10.2. The molecular formula is C30H52O22. The molecule has 0 aromatic heterocycles. The summed E-state index contributed by atoms with van der Waals surface area (Å²) in [6, 6.07) is 0. The van der Waals surface area contributed by atoms with Crippen LogP contribution in [0.5, 0.6) is 0 Å². The Kier molecular flexibility index (Phi) is 13.9. The molecule has 13 N–H and O–H groups in total. The van der Waals surface area contributed by atoms with Crippen molar-refractivity contribution in [1.29, 1.82) is 0 Å². The molecule has 0 bridgehead atoms. The van der Waals surface area contributed by atoms with E-state index < -0.39 is 160 Å². The summed E-state index contributed by atoms with van der Waals surface area (Å²) in [6.45, 7) is 4.81. The van der Waals surface area contributed by atoms with Gasteiger partial charge in [-0.3, -0.25) is 0 Å². The molecular weight excluding hydrogens is 712 g/mol. The molecule has 0 aromatic carbocycles. The minimum atomic E-state index is -1.94. The quantitative estimate of drug-likeness (QED) is 0.104. The lowest BCUT2D eigenvalue weighted by atomic mass is 9.95. The summed E-state index contributed by atoms with van der Waals surface area (Å²) in [6.07, 6.45) is -39.9. The van der Waals surface area contributed by atoms with E-state index in [1.165, 1.54) is 27.7 Å². The number of ether oxygens (including phenoxy) is 9. The fourth-order valence-electron chi connectivity index (χ4n) is 6.84. The molecule has 5 rings (SSSR count). The molecule has 0 aliphatic carbocycles. The molecule has 0 saturated carbocycles. The maximum absolute atomic E-state index is 11.6. The highest BCUT2D eigenvalue weighted by Crippen LogP contribution is 2.36. The van der Waals surface area contributed by atoms with E-state index in [4.69, 9.17) is 42.6 Å². The third-order valence-corrected chi connectivity index (χ3v) is 10.2. The van der Waals surface area contributed by atoms with Gasteiger partial charge < -0.3 is 109 Å². The van der Waals surface area contributed by atoms with Gasteiger partial charge in [0.15, 0.2) is 31.5 Å². The molecule has 304 valence electrons. The van der Waals surface area contributed by atoms with Gasteiger partial charge in [-0.25, -0.2) is 0 Å². The van der Waals surface area contributed by atoms with Gasteiger partial charge in [-0.1, -0.05) is 0 Å². The van der Waals surface area contributed by atoms with Crippen LogP contribution in [0.1, 0.15) is 27.7 Å². The van der Waals surface area contributed by atoms with Crippen molar-refractivity contribution in [2.45, 2.75) is 181 Å². The minimum absolute atomic E-state index is 0.806. The average molecular weight is 765 g/mol. The highest BCUT2D eigenvalue weighted by Gasteiger charge is 2.56. The van der Waals surface area contributed by atoms with E-state index in [1.54, 1.807) is 0 Å². The Bertz CT molecular complexity index is 1140. The Morgan fingerprint density at radius 3 is 1.33 bits per heavy atom. The van der Waals surface area contributed by atoms with Gasteiger partial charge in [-0.05, 0) is 27.7 Å². The molecule has 5 heterocycles. The van der Waals surface area contributed by atoms with E-state index in [9.17, 15) is 66.4 Å². The van der Waals surface area contributed by atoms with Crippen LogP contribution in [0.15, 0.2) is 0 Å². The molecule has 5 fully saturated rings. The van der Waals surface area contributed by atoms with Crippen molar-refractivity contribution in [2.75, 3.05) is 6.61 Å². The van der Waals surface area contributed by atoms with Gasteiger partial charge in [-0.15, -0.1) is 0 Å². The van der Waals surface area contributed by atoms with Gasteiger partial charge in [0, 0.05) is 0 Å². The van der Waals surface area contributed by atoms with E-state index in [2.05, 4.69) is 0 Å². The first kappa shape index (κ1) is 42.3. The smallest absolute Gasteiger partial charge is 0.187 e.